The summed E-state index contributed by atoms with van der Waals surface area (Å²) in [6.45, 7) is 4.26. The van der Waals surface area contributed by atoms with E-state index in [2.05, 4.69) is 5.32 Å². The maximum Gasteiger partial charge on any atom is 0.244 e. The number of carbonyl (C=O) groups excluding carboxylic acids is 1. The minimum Gasteiger partial charge on any atom is -0.496 e. The second-order valence-electron chi connectivity index (χ2n) is 3.75. The largest absolute Gasteiger partial charge is 0.496 e. The highest BCUT2D eigenvalue weighted by molar-refractivity contribution is 5.88. The van der Waals surface area contributed by atoms with Crippen molar-refractivity contribution in [2.75, 3.05) is 7.11 Å². The third kappa shape index (κ3) is 3.77. The van der Waals surface area contributed by atoms with E-state index in [0.29, 0.717) is 6.54 Å². The van der Waals surface area contributed by atoms with Gasteiger partial charge >= 0.3 is 0 Å². The fourth-order valence-electron chi connectivity index (χ4n) is 1.34. The van der Waals surface area contributed by atoms with Gasteiger partial charge in [-0.25, -0.2) is 0 Å². The van der Waals surface area contributed by atoms with Crippen molar-refractivity contribution in [1.82, 2.24) is 5.32 Å². The van der Waals surface area contributed by atoms with Crippen molar-refractivity contribution < 1.29 is 9.53 Å². The van der Waals surface area contributed by atoms with Crippen LogP contribution in [0.25, 0.3) is 0 Å². The molecule has 0 radical (unpaired) electrons. The molecule has 1 amide bonds. The van der Waals surface area contributed by atoms with Gasteiger partial charge in [-0.15, -0.1) is 0 Å². The number of hydrogen-bond acceptors (Lipinski definition) is 2. The maximum atomic E-state index is 11.4. The highest BCUT2D eigenvalue weighted by Gasteiger charge is 2.02. The third-order valence-corrected chi connectivity index (χ3v) is 2.07. The number of para-hydroxylation sites is 1. The molecule has 3 nitrogen and oxygen atoms in total. The summed E-state index contributed by atoms with van der Waals surface area (Å²) in [6, 6.07) is 7.63. The van der Waals surface area contributed by atoms with Crippen molar-refractivity contribution in [3.8, 4) is 5.75 Å². The van der Waals surface area contributed by atoms with Crippen LogP contribution in [0.3, 0.4) is 0 Å². The molecule has 0 unspecified atom stereocenters. The van der Waals surface area contributed by atoms with Gasteiger partial charge in [0.25, 0.3) is 0 Å². The topological polar surface area (TPSA) is 38.3 Å². The zero-order chi connectivity index (χ0) is 12.0. The van der Waals surface area contributed by atoms with Gasteiger partial charge in [-0.2, -0.15) is 0 Å². The number of benzene rings is 1. The third-order valence-electron chi connectivity index (χ3n) is 2.07. The van der Waals surface area contributed by atoms with Crippen molar-refractivity contribution in [3.63, 3.8) is 0 Å². The minimum atomic E-state index is -0.0779. The van der Waals surface area contributed by atoms with Crippen LogP contribution in [0.15, 0.2) is 35.9 Å². The van der Waals surface area contributed by atoms with Crippen molar-refractivity contribution >= 4 is 5.91 Å². The molecule has 0 aliphatic rings. The fourth-order valence-corrected chi connectivity index (χ4v) is 1.34. The molecule has 0 aromatic heterocycles. The number of ether oxygens (including phenoxy) is 1. The second kappa shape index (κ2) is 5.95. The smallest absolute Gasteiger partial charge is 0.244 e. The number of methoxy groups -OCH3 is 1. The molecular weight excluding hydrogens is 202 g/mol. The van der Waals surface area contributed by atoms with Gasteiger partial charge in [-0.05, 0) is 19.9 Å². The van der Waals surface area contributed by atoms with Crippen LogP contribution in [-0.2, 0) is 11.3 Å². The summed E-state index contributed by atoms with van der Waals surface area (Å²) in [5, 5.41) is 2.81. The SMILES string of the molecule is COc1ccccc1CNC(=O)C=C(C)C. The minimum absolute atomic E-state index is 0.0779. The van der Waals surface area contributed by atoms with Crippen molar-refractivity contribution in [2.45, 2.75) is 20.4 Å². The van der Waals surface area contributed by atoms with Gasteiger partial charge < -0.3 is 10.1 Å². The highest BCUT2D eigenvalue weighted by Crippen LogP contribution is 2.16. The predicted octanol–water partition coefficient (Wildman–Crippen LogP) is 2.28. The van der Waals surface area contributed by atoms with Crippen LogP contribution < -0.4 is 10.1 Å². The van der Waals surface area contributed by atoms with Gasteiger partial charge in [0.1, 0.15) is 5.75 Å². The van der Waals surface area contributed by atoms with Gasteiger partial charge in [-0.3, -0.25) is 4.79 Å². The lowest BCUT2D eigenvalue weighted by Crippen LogP contribution is -2.20. The molecule has 3 heteroatoms. The van der Waals surface area contributed by atoms with Crippen LogP contribution in [0.1, 0.15) is 19.4 Å². The van der Waals surface area contributed by atoms with Crippen molar-refractivity contribution in [1.29, 1.82) is 0 Å². The Labute approximate surface area is 96.1 Å². The Bertz CT molecular complexity index is 393. The average molecular weight is 219 g/mol. The molecular formula is C13H17NO2. The Kier molecular flexibility index (Phi) is 4.58. The van der Waals surface area contributed by atoms with E-state index in [4.69, 9.17) is 4.74 Å². The molecule has 1 aromatic carbocycles. The second-order valence-corrected chi connectivity index (χ2v) is 3.75. The molecule has 0 fully saturated rings. The lowest BCUT2D eigenvalue weighted by Gasteiger charge is -2.08. The predicted molar refractivity (Wildman–Crippen MR) is 64.3 cm³/mol. The number of rotatable bonds is 4. The van der Waals surface area contributed by atoms with Gasteiger partial charge in [0.2, 0.25) is 5.91 Å². The van der Waals surface area contributed by atoms with Gasteiger partial charge in [0.15, 0.2) is 0 Å². The number of amides is 1. The Morgan fingerprint density at radius 2 is 2.06 bits per heavy atom. The molecule has 16 heavy (non-hydrogen) atoms. The lowest BCUT2D eigenvalue weighted by molar-refractivity contribution is -0.116. The molecule has 0 spiro atoms. The summed E-state index contributed by atoms with van der Waals surface area (Å²) in [4.78, 5) is 11.4. The first-order valence-electron chi connectivity index (χ1n) is 5.18. The molecule has 0 bridgehead atoms. The molecule has 86 valence electrons. The van der Waals surface area contributed by atoms with Crippen LogP contribution in [0.2, 0.25) is 0 Å². The van der Waals surface area contributed by atoms with Crippen molar-refractivity contribution in [2.24, 2.45) is 0 Å². The summed E-state index contributed by atoms with van der Waals surface area (Å²) < 4.78 is 5.19. The molecule has 1 rings (SSSR count). The molecule has 1 N–H and O–H groups in total. The highest BCUT2D eigenvalue weighted by atomic mass is 16.5. The van der Waals surface area contributed by atoms with Gasteiger partial charge in [0.05, 0.1) is 7.11 Å². The normalized spacial score (nSPS) is 9.44. The first kappa shape index (κ1) is 12.3. The number of hydrogen-bond donors (Lipinski definition) is 1. The van der Waals surface area contributed by atoms with E-state index in [1.165, 1.54) is 0 Å². The summed E-state index contributed by atoms with van der Waals surface area (Å²) in [5.41, 5.74) is 1.96. The standard InChI is InChI=1S/C13H17NO2/c1-10(2)8-13(15)14-9-11-6-4-5-7-12(11)16-3/h4-8H,9H2,1-3H3,(H,14,15). The molecule has 0 saturated carbocycles. The van der Waals surface area contributed by atoms with E-state index in [1.807, 2.05) is 38.1 Å². The Morgan fingerprint density at radius 3 is 2.69 bits per heavy atom. The van der Waals surface area contributed by atoms with E-state index >= 15 is 0 Å². The summed E-state index contributed by atoms with van der Waals surface area (Å²) in [6.07, 6.45) is 1.58. The van der Waals surface area contributed by atoms with Crippen LogP contribution >= 0.6 is 0 Å². The molecule has 0 atom stereocenters. The number of carbonyl (C=O) groups is 1. The van der Waals surface area contributed by atoms with E-state index in [0.717, 1.165) is 16.9 Å². The monoisotopic (exact) mass is 219 g/mol. The van der Waals surface area contributed by atoms with Crippen LogP contribution in [0, 0.1) is 0 Å². The fraction of sp³-hybridized carbons (Fsp3) is 0.308. The molecule has 0 heterocycles. The van der Waals surface area contributed by atoms with E-state index in [1.54, 1.807) is 13.2 Å². The Morgan fingerprint density at radius 1 is 1.38 bits per heavy atom. The Hall–Kier alpha value is -1.77. The first-order valence-corrected chi connectivity index (χ1v) is 5.18. The van der Waals surface area contributed by atoms with Gasteiger partial charge in [0, 0.05) is 18.2 Å². The quantitative estimate of drug-likeness (QED) is 0.789. The van der Waals surface area contributed by atoms with E-state index in [9.17, 15) is 4.79 Å². The average Bonchev–Trinajstić information content (AvgIpc) is 2.26. The van der Waals surface area contributed by atoms with E-state index < -0.39 is 0 Å². The molecule has 0 aliphatic heterocycles. The molecule has 1 aromatic rings. The number of nitrogens with one attached hydrogen (secondary N) is 1. The summed E-state index contributed by atoms with van der Waals surface area (Å²) >= 11 is 0. The van der Waals surface area contributed by atoms with Crippen LogP contribution in [0.5, 0.6) is 5.75 Å². The summed E-state index contributed by atoms with van der Waals surface area (Å²) in [7, 11) is 1.62. The first-order chi connectivity index (χ1) is 7.63. The number of allylic oxidation sites excluding steroid dienone is 1. The molecule has 0 aliphatic carbocycles. The molecule has 0 saturated heterocycles. The van der Waals surface area contributed by atoms with E-state index in [-0.39, 0.29) is 5.91 Å². The zero-order valence-electron chi connectivity index (χ0n) is 9.91. The van der Waals surface area contributed by atoms with Crippen LogP contribution in [-0.4, -0.2) is 13.0 Å². The lowest BCUT2D eigenvalue weighted by atomic mass is 10.2. The summed E-state index contributed by atoms with van der Waals surface area (Å²) in [5.74, 6) is 0.714. The maximum absolute atomic E-state index is 11.4. The Balaban J connectivity index is 2.61. The van der Waals surface area contributed by atoms with Gasteiger partial charge in [-0.1, -0.05) is 23.8 Å². The zero-order valence-corrected chi connectivity index (χ0v) is 9.91. The van der Waals surface area contributed by atoms with Crippen molar-refractivity contribution in [3.05, 3.63) is 41.5 Å². The van der Waals surface area contributed by atoms with Crippen LogP contribution in [0.4, 0.5) is 0 Å².